The number of halogens is 1. The zero-order valence-electron chi connectivity index (χ0n) is 11.5. The van der Waals surface area contributed by atoms with Crippen LogP contribution < -0.4 is 5.32 Å². The van der Waals surface area contributed by atoms with Gasteiger partial charge in [0.2, 0.25) is 0 Å². The van der Waals surface area contributed by atoms with Gasteiger partial charge in [-0.1, -0.05) is 23.2 Å². The predicted molar refractivity (Wildman–Crippen MR) is 84.2 cm³/mol. The highest BCUT2D eigenvalue weighted by Crippen LogP contribution is 2.30. The van der Waals surface area contributed by atoms with E-state index in [9.17, 15) is 0 Å². The second-order valence-electron chi connectivity index (χ2n) is 4.99. The Bertz CT molecular complexity index is 761. The van der Waals surface area contributed by atoms with Crippen molar-refractivity contribution in [3.05, 3.63) is 58.6 Å². The van der Waals surface area contributed by atoms with E-state index in [1.54, 1.807) is 0 Å². The standard InChI is InChI=1S/C17H16ClNO/c1-11-3-6-16-13(7-11)9-17(20-16)12-4-5-15(18)14(8-12)10-19-2/h3-9,19H,10H2,1-2H3. The highest BCUT2D eigenvalue weighted by atomic mass is 35.5. The van der Waals surface area contributed by atoms with Crippen molar-refractivity contribution in [1.29, 1.82) is 0 Å². The van der Waals surface area contributed by atoms with Crippen LogP contribution in [0.5, 0.6) is 0 Å². The third kappa shape index (κ3) is 2.45. The van der Waals surface area contributed by atoms with Crippen LogP contribution in [-0.4, -0.2) is 7.05 Å². The van der Waals surface area contributed by atoms with Crippen LogP contribution in [0.1, 0.15) is 11.1 Å². The van der Waals surface area contributed by atoms with Crippen LogP contribution in [0.4, 0.5) is 0 Å². The van der Waals surface area contributed by atoms with Gasteiger partial charge >= 0.3 is 0 Å². The van der Waals surface area contributed by atoms with Gasteiger partial charge in [-0.2, -0.15) is 0 Å². The first-order valence-electron chi connectivity index (χ1n) is 6.61. The monoisotopic (exact) mass is 285 g/mol. The molecule has 2 nitrogen and oxygen atoms in total. The summed E-state index contributed by atoms with van der Waals surface area (Å²) in [5, 5.41) is 5.03. The van der Waals surface area contributed by atoms with Crippen molar-refractivity contribution in [2.75, 3.05) is 7.05 Å². The van der Waals surface area contributed by atoms with Crippen molar-refractivity contribution < 1.29 is 4.42 Å². The molecule has 3 aromatic rings. The topological polar surface area (TPSA) is 25.2 Å². The minimum Gasteiger partial charge on any atom is -0.456 e. The van der Waals surface area contributed by atoms with Gasteiger partial charge in [-0.25, -0.2) is 0 Å². The first-order chi connectivity index (χ1) is 9.67. The summed E-state index contributed by atoms with van der Waals surface area (Å²) >= 11 is 6.19. The van der Waals surface area contributed by atoms with Crippen LogP contribution in [0.25, 0.3) is 22.3 Å². The summed E-state index contributed by atoms with van der Waals surface area (Å²) in [6.45, 7) is 2.82. The van der Waals surface area contributed by atoms with Crippen molar-refractivity contribution >= 4 is 22.6 Å². The van der Waals surface area contributed by atoms with E-state index in [-0.39, 0.29) is 0 Å². The Balaban J connectivity index is 2.08. The van der Waals surface area contributed by atoms with E-state index in [0.29, 0.717) is 0 Å². The van der Waals surface area contributed by atoms with Gasteiger partial charge in [0.15, 0.2) is 0 Å². The summed E-state index contributed by atoms with van der Waals surface area (Å²) < 4.78 is 5.92. The molecule has 0 amide bonds. The summed E-state index contributed by atoms with van der Waals surface area (Å²) in [6, 6.07) is 14.3. The molecule has 0 atom stereocenters. The maximum Gasteiger partial charge on any atom is 0.135 e. The summed E-state index contributed by atoms with van der Waals surface area (Å²) in [5.74, 6) is 0.875. The van der Waals surface area contributed by atoms with Gasteiger partial charge in [0, 0.05) is 22.5 Å². The molecule has 0 aliphatic heterocycles. The third-order valence-electron chi connectivity index (χ3n) is 3.37. The first kappa shape index (κ1) is 13.2. The predicted octanol–water partition coefficient (Wildman–Crippen LogP) is 4.78. The molecule has 102 valence electrons. The zero-order valence-corrected chi connectivity index (χ0v) is 12.3. The van der Waals surface area contributed by atoms with E-state index in [4.69, 9.17) is 16.0 Å². The van der Waals surface area contributed by atoms with Gasteiger partial charge in [0.05, 0.1) is 0 Å². The molecule has 20 heavy (non-hydrogen) atoms. The number of nitrogens with one attached hydrogen (secondary N) is 1. The quantitative estimate of drug-likeness (QED) is 0.749. The van der Waals surface area contributed by atoms with Crippen molar-refractivity contribution in [3.63, 3.8) is 0 Å². The molecule has 3 heteroatoms. The molecular weight excluding hydrogens is 270 g/mol. The molecule has 1 aromatic heterocycles. The Morgan fingerprint density at radius 1 is 1.10 bits per heavy atom. The number of hydrogen-bond acceptors (Lipinski definition) is 2. The van der Waals surface area contributed by atoms with E-state index in [1.807, 2.05) is 25.2 Å². The summed E-state index contributed by atoms with van der Waals surface area (Å²) in [5.41, 5.74) is 4.27. The van der Waals surface area contributed by atoms with Crippen molar-refractivity contribution in [2.45, 2.75) is 13.5 Å². The van der Waals surface area contributed by atoms with Gasteiger partial charge in [-0.3, -0.25) is 0 Å². The molecule has 0 fully saturated rings. The highest BCUT2D eigenvalue weighted by Gasteiger charge is 2.08. The van der Waals surface area contributed by atoms with Crippen LogP contribution in [0.2, 0.25) is 5.02 Å². The Labute approximate surface area is 123 Å². The fraction of sp³-hybridized carbons (Fsp3) is 0.176. The normalized spacial score (nSPS) is 11.2. The second kappa shape index (κ2) is 5.31. The SMILES string of the molecule is CNCc1cc(-c2cc3cc(C)ccc3o2)ccc1Cl. The van der Waals surface area contributed by atoms with Crippen molar-refractivity contribution in [3.8, 4) is 11.3 Å². The van der Waals surface area contributed by atoms with Gasteiger partial charge in [0.1, 0.15) is 11.3 Å². The second-order valence-corrected chi connectivity index (χ2v) is 5.40. The van der Waals surface area contributed by atoms with Crippen molar-refractivity contribution in [1.82, 2.24) is 5.32 Å². The summed E-state index contributed by atoms with van der Waals surface area (Å²) in [4.78, 5) is 0. The molecule has 1 N–H and O–H groups in total. The van der Waals surface area contributed by atoms with Crippen molar-refractivity contribution in [2.24, 2.45) is 0 Å². The van der Waals surface area contributed by atoms with Gasteiger partial charge in [-0.15, -0.1) is 0 Å². The Morgan fingerprint density at radius 3 is 2.75 bits per heavy atom. The Kier molecular flexibility index (Phi) is 3.51. The maximum atomic E-state index is 6.19. The summed E-state index contributed by atoms with van der Waals surface area (Å²) in [6.07, 6.45) is 0. The average Bonchev–Trinajstić information content (AvgIpc) is 2.84. The van der Waals surface area contributed by atoms with Crippen LogP contribution in [0.15, 0.2) is 46.9 Å². The van der Waals surface area contributed by atoms with E-state index in [1.165, 1.54) is 5.56 Å². The molecule has 1 heterocycles. The number of benzene rings is 2. The minimum atomic E-state index is 0.742. The Morgan fingerprint density at radius 2 is 1.95 bits per heavy atom. The molecule has 0 saturated carbocycles. The molecule has 0 radical (unpaired) electrons. The molecule has 0 aliphatic carbocycles. The molecule has 0 saturated heterocycles. The molecule has 0 aliphatic rings. The largest absolute Gasteiger partial charge is 0.456 e. The zero-order chi connectivity index (χ0) is 14.1. The maximum absolute atomic E-state index is 6.19. The fourth-order valence-corrected chi connectivity index (χ4v) is 2.54. The van der Waals surface area contributed by atoms with E-state index in [2.05, 4.69) is 36.5 Å². The molecule has 0 spiro atoms. The van der Waals surface area contributed by atoms with E-state index in [0.717, 1.165) is 39.4 Å². The highest BCUT2D eigenvalue weighted by molar-refractivity contribution is 6.31. The van der Waals surface area contributed by atoms with Crippen LogP contribution in [-0.2, 0) is 6.54 Å². The first-order valence-corrected chi connectivity index (χ1v) is 6.99. The third-order valence-corrected chi connectivity index (χ3v) is 3.74. The fourth-order valence-electron chi connectivity index (χ4n) is 2.36. The molecular formula is C17H16ClNO. The number of fused-ring (bicyclic) bond motifs is 1. The lowest BCUT2D eigenvalue weighted by molar-refractivity contribution is 0.631. The Hall–Kier alpha value is -1.77. The molecule has 2 aromatic carbocycles. The van der Waals surface area contributed by atoms with Crippen LogP contribution in [0.3, 0.4) is 0 Å². The number of hydrogen-bond donors (Lipinski definition) is 1. The van der Waals surface area contributed by atoms with Gasteiger partial charge in [0.25, 0.3) is 0 Å². The van der Waals surface area contributed by atoms with Gasteiger partial charge in [-0.05, 0) is 55.9 Å². The lowest BCUT2D eigenvalue weighted by atomic mass is 10.1. The van der Waals surface area contributed by atoms with E-state index >= 15 is 0 Å². The van der Waals surface area contributed by atoms with E-state index < -0.39 is 0 Å². The summed E-state index contributed by atoms with van der Waals surface area (Å²) in [7, 11) is 1.91. The van der Waals surface area contributed by atoms with Crippen LogP contribution in [0, 0.1) is 6.92 Å². The van der Waals surface area contributed by atoms with Gasteiger partial charge < -0.3 is 9.73 Å². The lowest BCUT2D eigenvalue weighted by Crippen LogP contribution is -2.05. The van der Waals surface area contributed by atoms with Crippen LogP contribution >= 0.6 is 11.6 Å². The molecule has 0 bridgehead atoms. The molecule has 3 rings (SSSR count). The smallest absolute Gasteiger partial charge is 0.135 e. The lowest BCUT2D eigenvalue weighted by Gasteiger charge is -2.05. The number of aryl methyl sites for hydroxylation is 1. The minimum absolute atomic E-state index is 0.742. The average molecular weight is 286 g/mol. The number of rotatable bonds is 3. The number of furan rings is 1. The molecule has 0 unspecified atom stereocenters.